The minimum absolute atomic E-state index is 0.00216. The van der Waals surface area contributed by atoms with Gasteiger partial charge in [-0.2, -0.15) is 0 Å². The molecule has 0 spiro atoms. The van der Waals surface area contributed by atoms with Crippen molar-refractivity contribution in [2.24, 2.45) is 0 Å². The molecule has 0 saturated heterocycles. The van der Waals surface area contributed by atoms with E-state index < -0.39 is 0 Å². The van der Waals surface area contributed by atoms with E-state index >= 15 is 0 Å². The van der Waals surface area contributed by atoms with Crippen LogP contribution in [0.1, 0.15) is 69.7 Å². The van der Waals surface area contributed by atoms with Crippen molar-refractivity contribution < 1.29 is 4.79 Å². The number of unbranched alkanes of at least 4 members (excludes halogenated alkanes) is 2. The van der Waals surface area contributed by atoms with Gasteiger partial charge >= 0.3 is 0 Å². The standard InChI is InChI=1S/C26H29NOS/c1-3-4-5-6-20-9-13-22(14-10-20)26(28)27-17-15-24-23(16-18-29-24)25(27)21-11-7-19(2)8-12-21/h7-14,16,18,25H,3-6,15,17H2,1-2H3. The second-order valence-corrected chi connectivity index (χ2v) is 9.02. The van der Waals surface area contributed by atoms with Gasteiger partial charge in [-0.25, -0.2) is 0 Å². The largest absolute Gasteiger partial charge is 0.327 e. The lowest BCUT2D eigenvalue weighted by molar-refractivity contribution is 0.0696. The van der Waals surface area contributed by atoms with Crippen molar-refractivity contribution >= 4 is 17.2 Å². The molecule has 1 atom stereocenters. The molecule has 2 heterocycles. The summed E-state index contributed by atoms with van der Waals surface area (Å²) in [6.07, 6.45) is 5.74. The summed E-state index contributed by atoms with van der Waals surface area (Å²) in [7, 11) is 0. The Morgan fingerprint density at radius 3 is 2.52 bits per heavy atom. The highest BCUT2D eigenvalue weighted by Crippen LogP contribution is 2.38. The van der Waals surface area contributed by atoms with Gasteiger partial charge in [0.15, 0.2) is 0 Å². The molecule has 0 saturated carbocycles. The normalized spacial score (nSPS) is 15.9. The summed E-state index contributed by atoms with van der Waals surface area (Å²) in [5, 5.41) is 2.16. The molecule has 0 aliphatic carbocycles. The molecule has 1 aliphatic rings. The number of fused-ring (bicyclic) bond motifs is 1. The average molecular weight is 404 g/mol. The first-order chi connectivity index (χ1) is 14.2. The molecule has 0 fully saturated rings. The molecule has 0 bridgehead atoms. The summed E-state index contributed by atoms with van der Waals surface area (Å²) in [6.45, 7) is 5.10. The molecule has 1 aliphatic heterocycles. The van der Waals surface area contributed by atoms with Crippen molar-refractivity contribution in [3.8, 4) is 0 Å². The van der Waals surface area contributed by atoms with Crippen molar-refractivity contribution in [3.63, 3.8) is 0 Å². The fourth-order valence-corrected chi connectivity index (χ4v) is 5.11. The van der Waals surface area contributed by atoms with E-state index in [4.69, 9.17) is 0 Å². The molecule has 0 N–H and O–H groups in total. The van der Waals surface area contributed by atoms with Gasteiger partial charge in [0.1, 0.15) is 0 Å². The van der Waals surface area contributed by atoms with Crippen LogP contribution in [0, 0.1) is 6.92 Å². The first-order valence-electron chi connectivity index (χ1n) is 10.7. The lowest BCUT2D eigenvalue weighted by Crippen LogP contribution is -2.40. The molecule has 150 valence electrons. The summed E-state index contributed by atoms with van der Waals surface area (Å²) in [5.74, 6) is 0.132. The van der Waals surface area contributed by atoms with Crippen LogP contribution >= 0.6 is 11.3 Å². The zero-order valence-corrected chi connectivity index (χ0v) is 18.2. The Morgan fingerprint density at radius 2 is 1.79 bits per heavy atom. The van der Waals surface area contributed by atoms with Crippen molar-refractivity contribution in [2.75, 3.05) is 6.54 Å². The van der Waals surface area contributed by atoms with Crippen LogP contribution in [-0.4, -0.2) is 17.4 Å². The second-order valence-electron chi connectivity index (χ2n) is 8.01. The van der Waals surface area contributed by atoms with Crippen molar-refractivity contribution in [2.45, 2.75) is 52.0 Å². The third-order valence-corrected chi connectivity index (χ3v) is 6.89. The summed E-state index contributed by atoms with van der Waals surface area (Å²) in [6, 6.07) is 19.1. The molecule has 1 unspecified atom stereocenters. The molecule has 0 radical (unpaired) electrons. The number of thiophene rings is 1. The Morgan fingerprint density at radius 1 is 1.03 bits per heavy atom. The highest BCUT2D eigenvalue weighted by Gasteiger charge is 2.33. The molecule has 29 heavy (non-hydrogen) atoms. The van der Waals surface area contributed by atoms with Gasteiger partial charge in [0.05, 0.1) is 6.04 Å². The fourth-order valence-electron chi connectivity index (χ4n) is 4.20. The second kappa shape index (κ2) is 8.96. The van der Waals surface area contributed by atoms with Gasteiger partial charge < -0.3 is 4.90 Å². The van der Waals surface area contributed by atoms with E-state index in [-0.39, 0.29) is 11.9 Å². The molecule has 1 amide bonds. The van der Waals surface area contributed by atoms with Crippen molar-refractivity contribution in [1.29, 1.82) is 0 Å². The van der Waals surface area contributed by atoms with Gasteiger partial charge in [0.25, 0.3) is 5.91 Å². The average Bonchev–Trinajstić information content (AvgIpc) is 3.23. The number of amides is 1. The third-order valence-electron chi connectivity index (χ3n) is 5.89. The Balaban J connectivity index is 1.60. The maximum Gasteiger partial charge on any atom is 0.254 e. The summed E-state index contributed by atoms with van der Waals surface area (Å²) in [5.41, 5.74) is 5.84. The number of carbonyl (C=O) groups is 1. The molecule has 2 nitrogen and oxygen atoms in total. The lowest BCUT2D eigenvalue weighted by atomic mass is 9.92. The summed E-state index contributed by atoms with van der Waals surface area (Å²) >= 11 is 1.81. The summed E-state index contributed by atoms with van der Waals surface area (Å²) in [4.78, 5) is 17.0. The van der Waals surface area contributed by atoms with Gasteiger partial charge in [-0.15, -0.1) is 11.3 Å². The molecule has 2 aromatic carbocycles. The maximum absolute atomic E-state index is 13.5. The minimum Gasteiger partial charge on any atom is -0.327 e. The van der Waals surface area contributed by atoms with Crippen LogP contribution in [0.2, 0.25) is 0 Å². The van der Waals surface area contributed by atoms with Crippen LogP contribution in [0.15, 0.2) is 60.0 Å². The molecule has 3 heteroatoms. The van der Waals surface area contributed by atoms with Gasteiger partial charge in [0.2, 0.25) is 0 Å². The zero-order valence-electron chi connectivity index (χ0n) is 17.4. The van der Waals surface area contributed by atoms with E-state index in [0.29, 0.717) is 0 Å². The highest BCUT2D eigenvalue weighted by atomic mass is 32.1. The van der Waals surface area contributed by atoms with Crippen LogP contribution in [0.25, 0.3) is 0 Å². The van der Waals surface area contributed by atoms with Crippen LogP contribution in [0.5, 0.6) is 0 Å². The molecular weight excluding hydrogens is 374 g/mol. The monoisotopic (exact) mass is 403 g/mol. The van der Waals surface area contributed by atoms with Crippen LogP contribution in [-0.2, 0) is 12.8 Å². The van der Waals surface area contributed by atoms with Gasteiger partial charge in [-0.1, -0.05) is 61.7 Å². The first-order valence-corrected chi connectivity index (χ1v) is 11.6. The molecule has 3 aromatic rings. The number of benzene rings is 2. The van der Waals surface area contributed by atoms with Gasteiger partial charge in [0, 0.05) is 17.0 Å². The van der Waals surface area contributed by atoms with E-state index in [9.17, 15) is 4.79 Å². The zero-order chi connectivity index (χ0) is 20.2. The number of carbonyl (C=O) groups excluding carboxylic acids is 1. The van der Waals surface area contributed by atoms with Crippen molar-refractivity contribution in [3.05, 3.63) is 92.7 Å². The topological polar surface area (TPSA) is 20.3 Å². The highest BCUT2D eigenvalue weighted by molar-refractivity contribution is 7.10. The first kappa shape index (κ1) is 19.9. The van der Waals surface area contributed by atoms with Crippen molar-refractivity contribution in [1.82, 2.24) is 4.90 Å². The number of hydrogen-bond donors (Lipinski definition) is 0. The predicted octanol–water partition coefficient (Wildman–Crippen LogP) is 6.58. The quantitative estimate of drug-likeness (QED) is 0.426. The lowest BCUT2D eigenvalue weighted by Gasteiger charge is -2.36. The Hall–Kier alpha value is -2.39. The number of nitrogens with zero attached hydrogens (tertiary/aromatic N) is 1. The summed E-state index contributed by atoms with van der Waals surface area (Å²) < 4.78 is 0. The van der Waals surface area contributed by atoms with Crippen LogP contribution < -0.4 is 0 Å². The van der Waals surface area contributed by atoms with Crippen LogP contribution in [0.4, 0.5) is 0 Å². The predicted molar refractivity (Wildman–Crippen MR) is 122 cm³/mol. The number of hydrogen-bond acceptors (Lipinski definition) is 2. The van der Waals surface area contributed by atoms with Crippen LogP contribution in [0.3, 0.4) is 0 Å². The molecule has 1 aromatic heterocycles. The number of rotatable bonds is 6. The number of aryl methyl sites for hydroxylation is 2. The van der Waals surface area contributed by atoms with E-state index in [0.717, 1.165) is 24.9 Å². The third kappa shape index (κ3) is 4.30. The van der Waals surface area contributed by atoms with Gasteiger partial charge in [-0.3, -0.25) is 4.79 Å². The molecular formula is C26H29NOS. The Labute approximate surface area is 178 Å². The van der Waals surface area contributed by atoms with E-state index in [1.807, 2.05) is 23.5 Å². The van der Waals surface area contributed by atoms with E-state index in [2.05, 4.69) is 66.6 Å². The smallest absolute Gasteiger partial charge is 0.254 e. The Kier molecular flexibility index (Phi) is 6.15. The fraction of sp³-hybridized carbons (Fsp3) is 0.346. The Bertz CT molecular complexity index is 955. The van der Waals surface area contributed by atoms with Gasteiger partial charge in [-0.05, 0) is 66.5 Å². The minimum atomic E-state index is 0.00216. The molecule has 4 rings (SSSR count). The SMILES string of the molecule is CCCCCc1ccc(C(=O)N2CCc3sccc3C2c2ccc(C)cc2)cc1. The van der Waals surface area contributed by atoms with E-state index in [1.54, 1.807) is 0 Å². The maximum atomic E-state index is 13.5. The van der Waals surface area contributed by atoms with E-state index in [1.165, 1.54) is 46.4 Å².